The molecule has 0 saturated heterocycles. The third-order valence-corrected chi connectivity index (χ3v) is 3.53. The van der Waals surface area contributed by atoms with Gasteiger partial charge in [-0.3, -0.25) is 0 Å². The second-order valence-corrected chi connectivity index (χ2v) is 5.02. The Hall–Kier alpha value is -2.16. The van der Waals surface area contributed by atoms with Crippen LogP contribution in [0.3, 0.4) is 0 Å². The first-order valence-electron chi connectivity index (χ1n) is 6.53. The lowest BCUT2D eigenvalue weighted by Crippen LogP contribution is -2.31. The van der Waals surface area contributed by atoms with Gasteiger partial charge in [-0.15, -0.1) is 0 Å². The van der Waals surface area contributed by atoms with Gasteiger partial charge in [-0.1, -0.05) is 18.2 Å². The van der Waals surface area contributed by atoms with Crippen LogP contribution in [0.2, 0.25) is 0 Å². The van der Waals surface area contributed by atoms with Crippen LogP contribution in [0.25, 0.3) is 0 Å². The second kappa shape index (κ2) is 4.84. The predicted molar refractivity (Wildman–Crippen MR) is 78.7 cm³/mol. The van der Waals surface area contributed by atoms with E-state index in [-0.39, 0.29) is 6.10 Å². The molecule has 1 aliphatic rings. The zero-order valence-corrected chi connectivity index (χ0v) is 11.0. The highest BCUT2D eigenvalue weighted by molar-refractivity contribution is 5.52. The van der Waals surface area contributed by atoms with Crippen molar-refractivity contribution in [3.05, 3.63) is 54.1 Å². The van der Waals surface area contributed by atoms with Crippen molar-refractivity contribution in [2.24, 2.45) is 0 Å². The van der Waals surface area contributed by atoms with E-state index in [4.69, 9.17) is 10.5 Å². The quantitative estimate of drug-likeness (QED) is 0.856. The summed E-state index contributed by atoms with van der Waals surface area (Å²) >= 11 is 0. The molecule has 2 aromatic carbocycles. The summed E-state index contributed by atoms with van der Waals surface area (Å²) in [6.45, 7) is 0.874. The lowest BCUT2D eigenvalue weighted by Gasteiger charge is -2.23. The highest BCUT2D eigenvalue weighted by Gasteiger charge is 2.23. The lowest BCUT2D eigenvalue weighted by molar-refractivity contribution is 0.239. The van der Waals surface area contributed by atoms with Gasteiger partial charge in [0, 0.05) is 24.8 Å². The fraction of sp³-hybridized carbons (Fsp3) is 0.250. The highest BCUT2D eigenvalue weighted by Crippen LogP contribution is 2.29. The molecule has 3 nitrogen and oxygen atoms in total. The van der Waals surface area contributed by atoms with Gasteiger partial charge in [0.2, 0.25) is 0 Å². The number of fused-ring (bicyclic) bond motifs is 1. The van der Waals surface area contributed by atoms with Crippen LogP contribution in [-0.2, 0) is 6.42 Å². The van der Waals surface area contributed by atoms with E-state index < -0.39 is 0 Å². The van der Waals surface area contributed by atoms with Crippen molar-refractivity contribution in [3.8, 4) is 5.75 Å². The fourth-order valence-corrected chi connectivity index (χ4v) is 2.50. The Balaban J connectivity index is 1.66. The predicted octanol–water partition coefficient (Wildman–Crippen LogP) is 2.71. The molecular weight excluding hydrogens is 236 g/mol. The van der Waals surface area contributed by atoms with E-state index in [1.807, 2.05) is 36.4 Å². The van der Waals surface area contributed by atoms with Crippen LogP contribution < -0.4 is 15.4 Å². The molecule has 3 rings (SSSR count). The van der Waals surface area contributed by atoms with Crippen molar-refractivity contribution in [1.82, 2.24) is 0 Å². The minimum atomic E-state index is 0.222. The SMILES string of the molecule is CN(CC1Cc2ccccc2O1)c1ccc(N)cc1. The van der Waals surface area contributed by atoms with E-state index in [1.54, 1.807) is 0 Å². The Bertz CT molecular complexity index is 540. The molecule has 0 aromatic heterocycles. The van der Waals surface area contributed by atoms with E-state index in [1.165, 1.54) is 5.56 Å². The third-order valence-electron chi connectivity index (χ3n) is 3.53. The van der Waals surface area contributed by atoms with Crippen molar-refractivity contribution >= 4 is 11.4 Å². The molecule has 1 unspecified atom stereocenters. The molecule has 19 heavy (non-hydrogen) atoms. The van der Waals surface area contributed by atoms with Crippen molar-refractivity contribution in [3.63, 3.8) is 0 Å². The molecule has 1 atom stereocenters. The minimum Gasteiger partial charge on any atom is -0.488 e. The summed E-state index contributed by atoms with van der Waals surface area (Å²) < 4.78 is 5.96. The molecule has 1 heterocycles. The lowest BCUT2D eigenvalue weighted by atomic mass is 10.1. The Labute approximate surface area is 113 Å². The van der Waals surface area contributed by atoms with Gasteiger partial charge in [-0.25, -0.2) is 0 Å². The van der Waals surface area contributed by atoms with Gasteiger partial charge in [0.05, 0.1) is 6.54 Å². The smallest absolute Gasteiger partial charge is 0.123 e. The summed E-state index contributed by atoms with van der Waals surface area (Å²) in [7, 11) is 2.08. The third kappa shape index (κ3) is 2.50. The maximum absolute atomic E-state index is 5.96. The molecule has 98 valence electrons. The molecule has 3 heteroatoms. The molecule has 0 saturated carbocycles. The standard InChI is InChI=1S/C16H18N2O/c1-18(14-8-6-13(17)7-9-14)11-15-10-12-4-2-3-5-16(12)19-15/h2-9,15H,10-11,17H2,1H3. The maximum Gasteiger partial charge on any atom is 0.123 e. The number of nitrogen functional groups attached to an aromatic ring is 1. The largest absolute Gasteiger partial charge is 0.488 e. The summed E-state index contributed by atoms with van der Waals surface area (Å²) in [6.07, 6.45) is 1.20. The number of nitrogens with zero attached hydrogens (tertiary/aromatic N) is 1. The summed E-state index contributed by atoms with van der Waals surface area (Å²) in [5, 5.41) is 0. The zero-order valence-electron chi connectivity index (χ0n) is 11.0. The molecule has 2 N–H and O–H groups in total. The number of rotatable bonds is 3. The van der Waals surface area contributed by atoms with Crippen molar-refractivity contribution in [2.75, 3.05) is 24.2 Å². The summed E-state index contributed by atoms with van der Waals surface area (Å²) in [4.78, 5) is 2.20. The van der Waals surface area contributed by atoms with Crippen molar-refractivity contribution in [2.45, 2.75) is 12.5 Å². The van der Waals surface area contributed by atoms with Gasteiger partial charge in [0.25, 0.3) is 0 Å². The van der Waals surface area contributed by atoms with Gasteiger partial charge in [-0.05, 0) is 35.9 Å². The first kappa shape index (κ1) is 11.9. The van der Waals surface area contributed by atoms with Crippen LogP contribution in [0.4, 0.5) is 11.4 Å². The first-order valence-corrected chi connectivity index (χ1v) is 6.53. The molecule has 0 bridgehead atoms. The van der Waals surface area contributed by atoms with Crippen LogP contribution in [0, 0.1) is 0 Å². The van der Waals surface area contributed by atoms with Crippen LogP contribution in [0.5, 0.6) is 5.75 Å². The highest BCUT2D eigenvalue weighted by atomic mass is 16.5. The summed E-state index contributed by atoms with van der Waals surface area (Å²) in [5.74, 6) is 1.03. The second-order valence-electron chi connectivity index (χ2n) is 5.02. The topological polar surface area (TPSA) is 38.5 Å². The molecule has 0 aliphatic carbocycles. The van der Waals surface area contributed by atoms with E-state index >= 15 is 0 Å². The van der Waals surface area contributed by atoms with E-state index in [2.05, 4.69) is 24.1 Å². The molecular formula is C16H18N2O. The van der Waals surface area contributed by atoms with Crippen LogP contribution in [-0.4, -0.2) is 19.7 Å². The van der Waals surface area contributed by atoms with E-state index in [9.17, 15) is 0 Å². The number of para-hydroxylation sites is 1. The molecule has 0 fully saturated rings. The van der Waals surface area contributed by atoms with Gasteiger partial charge in [0.15, 0.2) is 0 Å². The Morgan fingerprint density at radius 2 is 1.89 bits per heavy atom. The van der Waals surface area contributed by atoms with Gasteiger partial charge >= 0.3 is 0 Å². The average Bonchev–Trinajstić information content (AvgIpc) is 2.81. The van der Waals surface area contributed by atoms with Gasteiger partial charge in [0.1, 0.15) is 11.9 Å². The summed E-state index contributed by atoms with van der Waals surface area (Å²) in [6, 6.07) is 16.2. The number of anilines is 2. The Morgan fingerprint density at radius 3 is 2.63 bits per heavy atom. The fourth-order valence-electron chi connectivity index (χ4n) is 2.50. The number of hydrogen-bond donors (Lipinski definition) is 1. The average molecular weight is 254 g/mol. The van der Waals surface area contributed by atoms with Crippen LogP contribution in [0.1, 0.15) is 5.56 Å². The van der Waals surface area contributed by atoms with Crippen molar-refractivity contribution < 1.29 is 4.74 Å². The minimum absolute atomic E-state index is 0.222. The maximum atomic E-state index is 5.96. The van der Waals surface area contributed by atoms with E-state index in [0.29, 0.717) is 0 Å². The van der Waals surface area contributed by atoms with E-state index in [0.717, 1.165) is 30.1 Å². The van der Waals surface area contributed by atoms with Crippen LogP contribution >= 0.6 is 0 Å². The number of benzene rings is 2. The molecule has 0 amide bonds. The normalized spacial score (nSPS) is 16.8. The number of ether oxygens (including phenoxy) is 1. The Morgan fingerprint density at radius 1 is 1.16 bits per heavy atom. The first-order chi connectivity index (χ1) is 9.22. The number of hydrogen-bond acceptors (Lipinski definition) is 3. The summed E-state index contributed by atoms with van der Waals surface area (Å²) in [5.41, 5.74) is 8.96. The number of nitrogens with two attached hydrogens (primary N) is 1. The molecule has 2 aromatic rings. The van der Waals surface area contributed by atoms with Crippen molar-refractivity contribution in [1.29, 1.82) is 0 Å². The Kier molecular flexibility index (Phi) is 3.03. The molecule has 1 aliphatic heterocycles. The van der Waals surface area contributed by atoms with Gasteiger partial charge < -0.3 is 15.4 Å². The van der Waals surface area contributed by atoms with Crippen LogP contribution in [0.15, 0.2) is 48.5 Å². The molecule has 0 spiro atoms. The van der Waals surface area contributed by atoms with Gasteiger partial charge in [-0.2, -0.15) is 0 Å². The number of likely N-dealkylation sites (N-methyl/N-ethyl adjacent to an activating group) is 1. The zero-order chi connectivity index (χ0) is 13.2. The monoisotopic (exact) mass is 254 g/mol. The molecule has 0 radical (unpaired) electrons.